The Hall–Kier alpha value is -2.60. The first-order valence-electron chi connectivity index (χ1n) is 9.47. The molecular formula is C21H25ClN4O2. The highest BCUT2D eigenvalue weighted by Crippen LogP contribution is 2.30. The fourth-order valence-corrected chi connectivity index (χ4v) is 3.52. The zero-order valence-corrected chi connectivity index (χ0v) is 16.9. The Labute approximate surface area is 170 Å². The summed E-state index contributed by atoms with van der Waals surface area (Å²) < 4.78 is 0. The summed E-state index contributed by atoms with van der Waals surface area (Å²) >= 11 is 6.47. The van der Waals surface area contributed by atoms with E-state index in [-0.39, 0.29) is 11.8 Å². The highest BCUT2D eigenvalue weighted by Gasteiger charge is 2.23. The summed E-state index contributed by atoms with van der Waals surface area (Å²) in [5.74, 6) is 0.359. The Morgan fingerprint density at radius 2 is 1.93 bits per heavy atom. The molecule has 2 amide bonds. The van der Waals surface area contributed by atoms with E-state index in [1.807, 2.05) is 17.0 Å². The molecule has 0 aliphatic carbocycles. The Morgan fingerprint density at radius 1 is 1.18 bits per heavy atom. The van der Waals surface area contributed by atoms with Gasteiger partial charge < -0.3 is 15.1 Å². The molecule has 1 fully saturated rings. The van der Waals surface area contributed by atoms with E-state index in [1.165, 1.54) is 6.20 Å². The lowest BCUT2D eigenvalue weighted by molar-refractivity contribution is -0.132. The molecule has 1 aromatic heterocycles. The molecule has 1 aliphatic rings. The van der Waals surface area contributed by atoms with Gasteiger partial charge in [0, 0.05) is 50.7 Å². The monoisotopic (exact) mass is 400 g/mol. The van der Waals surface area contributed by atoms with Crippen molar-refractivity contribution in [1.82, 2.24) is 9.88 Å². The number of anilines is 2. The number of hydrogen-bond acceptors (Lipinski definition) is 4. The van der Waals surface area contributed by atoms with Gasteiger partial charge in [0.2, 0.25) is 5.91 Å². The molecule has 1 aliphatic heterocycles. The van der Waals surface area contributed by atoms with Gasteiger partial charge in [-0.05, 0) is 36.2 Å². The average Bonchev–Trinajstić information content (AvgIpc) is 2.68. The van der Waals surface area contributed by atoms with Crippen molar-refractivity contribution in [3.8, 4) is 0 Å². The highest BCUT2D eigenvalue weighted by molar-refractivity contribution is 6.33. The van der Waals surface area contributed by atoms with Gasteiger partial charge in [0.05, 0.1) is 16.3 Å². The van der Waals surface area contributed by atoms with Gasteiger partial charge in [0.25, 0.3) is 5.91 Å². The molecular weight excluding hydrogens is 376 g/mol. The van der Waals surface area contributed by atoms with Gasteiger partial charge in [-0.3, -0.25) is 14.6 Å². The molecule has 28 heavy (non-hydrogen) atoms. The van der Waals surface area contributed by atoms with Crippen LogP contribution in [0.4, 0.5) is 11.4 Å². The zero-order valence-electron chi connectivity index (χ0n) is 16.2. The number of piperazine rings is 1. The summed E-state index contributed by atoms with van der Waals surface area (Å²) in [7, 11) is 0. The predicted octanol–water partition coefficient (Wildman–Crippen LogP) is 3.68. The van der Waals surface area contributed by atoms with E-state index in [1.54, 1.807) is 24.4 Å². The van der Waals surface area contributed by atoms with Crippen LogP contribution in [0.2, 0.25) is 5.02 Å². The van der Waals surface area contributed by atoms with Crippen LogP contribution in [0, 0.1) is 5.92 Å². The van der Waals surface area contributed by atoms with Crippen molar-refractivity contribution in [2.45, 2.75) is 20.3 Å². The molecule has 148 valence electrons. The third-order valence-electron chi connectivity index (χ3n) is 4.69. The van der Waals surface area contributed by atoms with Crippen LogP contribution in [-0.4, -0.2) is 47.9 Å². The molecule has 0 unspecified atom stereocenters. The number of nitrogens with zero attached hydrogens (tertiary/aromatic N) is 3. The summed E-state index contributed by atoms with van der Waals surface area (Å²) in [4.78, 5) is 32.5. The van der Waals surface area contributed by atoms with Crippen LogP contribution in [0.15, 0.2) is 42.7 Å². The van der Waals surface area contributed by atoms with E-state index in [9.17, 15) is 9.59 Å². The van der Waals surface area contributed by atoms with Gasteiger partial charge in [0.15, 0.2) is 0 Å². The average molecular weight is 401 g/mol. The number of hydrogen-bond donors (Lipinski definition) is 1. The van der Waals surface area contributed by atoms with Crippen molar-refractivity contribution in [2.24, 2.45) is 5.92 Å². The first-order valence-corrected chi connectivity index (χ1v) is 9.85. The second-order valence-electron chi connectivity index (χ2n) is 7.33. The van der Waals surface area contributed by atoms with Crippen molar-refractivity contribution >= 4 is 34.8 Å². The maximum Gasteiger partial charge on any atom is 0.257 e. The lowest BCUT2D eigenvalue weighted by atomic mass is 10.1. The molecule has 0 radical (unpaired) electrons. The largest absolute Gasteiger partial charge is 0.367 e. The van der Waals surface area contributed by atoms with Gasteiger partial charge in [-0.2, -0.15) is 0 Å². The lowest BCUT2D eigenvalue weighted by Crippen LogP contribution is -2.49. The Balaban J connectivity index is 1.60. The van der Waals surface area contributed by atoms with Gasteiger partial charge in [-0.15, -0.1) is 0 Å². The van der Waals surface area contributed by atoms with Crippen molar-refractivity contribution in [3.63, 3.8) is 0 Å². The van der Waals surface area contributed by atoms with Gasteiger partial charge in [-0.1, -0.05) is 25.4 Å². The molecule has 0 bridgehead atoms. The maximum atomic E-state index is 12.2. The van der Waals surface area contributed by atoms with Crippen LogP contribution in [0.1, 0.15) is 30.6 Å². The van der Waals surface area contributed by atoms with Crippen molar-refractivity contribution in [2.75, 3.05) is 36.4 Å². The smallest absolute Gasteiger partial charge is 0.257 e. The molecule has 1 saturated heterocycles. The summed E-state index contributed by atoms with van der Waals surface area (Å²) in [5, 5.41) is 3.41. The molecule has 6 nitrogen and oxygen atoms in total. The second-order valence-corrected chi connectivity index (χ2v) is 7.74. The summed E-state index contributed by atoms with van der Waals surface area (Å²) in [6.45, 7) is 6.99. The Morgan fingerprint density at radius 3 is 2.54 bits per heavy atom. The number of rotatable bonds is 5. The normalized spacial score (nSPS) is 14.3. The van der Waals surface area contributed by atoms with Gasteiger partial charge in [0.1, 0.15) is 0 Å². The third kappa shape index (κ3) is 5.01. The fraction of sp³-hybridized carbons (Fsp3) is 0.381. The molecule has 7 heteroatoms. The molecule has 1 aromatic carbocycles. The highest BCUT2D eigenvalue weighted by atomic mass is 35.5. The zero-order chi connectivity index (χ0) is 20.1. The molecule has 0 atom stereocenters. The van der Waals surface area contributed by atoms with Crippen LogP contribution < -0.4 is 10.2 Å². The first-order chi connectivity index (χ1) is 13.4. The van der Waals surface area contributed by atoms with Crippen LogP contribution in [0.25, 0.3) is 0 Å². The fourth-order valence-electron chi connectivity index (χ4n) is 3.22. The van der Waals surface area contributed by atoms with Gasteiger partial charge in [-0.25, -0.2) is 0 Å². The van der Waals surface area contributed by atoms with E-state index >= 15 is 0 Å². The molecule has 2 aromatic rings. The minimum absolute atomic E-state index is 0.217. The minimum Gasteiger partial charge on any atom is -0.367 e. The Kier molecular flexibility index (Phi) is 6.52. The van der Waals surface area contributed by atoms with E-state index in [0.29, 0.717) is 41.7 Å². The quantitative estimate of drug-likeness (QED) is 0.831. The Bertz CT molecular complexity index is 834. The van der Waals surface area contributed by atoms with Crippen molar-refractivity contribution < 1.29 is 9.59 Å². The number of pyridine rings is 1. The number of carbonyl (C=O) groups is 2. The lowest BCUT2D eigenvalue weighted by Gasteiger charge is -2.36. The van der Waals surface area contributed by atoms with Crippen LogP contribution in [-0.2, 0) is 4.79 Å². The van der Waals surface area contributed by atoms with E-state index in [0.717, 1.165) is 18.8 Å². The number of nitrogens with one attached hydrogen (secondary N) is 1. The third-order valence-corrected chi connectivity index (χ3v) is 4.99. The number of benzene rings is 1. The second kappa shape index (κ2) is 9.06. The number of aromatic nitrogens is 1. The molecule has 1 N–H and O–H groups in total. The summed E-state index contributed by atoms with van der Waals surface area (Å²) in [5.41, 5.74) is 2.04. The molecule has 0 saturated carbocycles. The standard InChI is InChI=1S/C21H25ClN4O2/c1-15(2)12-20(27)26-10-8-25(9-11-26)19-6-5-17(13-18(19)22)24-21(28)16-4-3-7-23-14-16/h3-7,13-15H,8-12H2,1-2H3,(H,24,28). The van der Waals surface area contributed by atoms with E-state index in [2.05, 4.69) is 29.0 Å². The molecule has 2 heterocycles. The summed E-state index contributed by atoms with van der Waals surface area (Å²) in [6.07, 6.45) is 3.73. The molecule has 0 spiro atoms. The number of carbonyl (C=O) groups excluding carboxylic acids is 2. The minimum atomic E-state index is -0.228. The predicted molar refractivity (Wildman–Crippen MR) is 112 cm³/mol. The summed E-state index contributed by atoms with van der Waals surface area (Å²) in [6, 6.07) is 8.93. The van der Waals surface area contributed by atoms with Crippen LogP contribution in [0.5, 0.6) is 0 Å². The number of amides is 2. The maximum absolute atomic E-state index is 12.2. The number of halogens is 1. The molecule has 3 rings (SSSR count). The van der Waals surface area contributed by atoms with E-state index < -0.39 is 0 Å². The van der Waals surface area contributed by atoms with Gasteiger partial charge >= 0.3 is 0 Å². The van der Waals surface area contributed by atoms with Crippen LogP contribution in [0.3, 0.4) is 0 Å². The SMILES string of the molecule is CC(C)CC(=O)N1CCN(c2ccc(NC(=O)c3cccnc3)cc2Cl)CC1. The van der Waals surface area contributed by atoms with Crippen molar-refractivity contribution in [1.29, 1.82) is 0 Å². The topological polar surface area (TPSA) is 65.5 Å². The first kappa shape index (κ1) is 20.1. The van der Waals surface area contributed by atoms with E-state index in [4.69, 9.17) is 11.6 Å². The van der Waals surface area contributed by atoms with Crippen molar-refractivity contribution in [3.05, 3.63) is 53.3 Å². The van der Waals surface area contributed by atoms with Crippen LogP contribution >= 0.6 is 11.6 Å².